The van der Waals surface area contributed by atoms with Gasteiger partial charge in [-0.15, -0.1) is 11.3 Å². The summed E-state index contributed by atoms with van der Waals surface area (Å²) in [7, 11) is 0. The monoisotopic (exact) mass is 371 g/mol. The number of nitrogens with one attached hydrogen (secondary N) is 1. The van der Waals surface area contributed by atoms with Gasteiger partial charge in [0.2, 0.25) is 0 Å². The molecule has 0 radical (unpaired) electrons. The average molecular weight is 372 g/mol. The van der Waals surface area contributed by atoms with Gasteiger partial charge in [-0.2, -0.15) is 0 Å². The van der Waals surface area contributed by atoms with Gasteiger partial charge in [-0.3, -0.25) is 4.79 Å². The zero-order valence-electron chi connectivity index (χ0n) is 15.1. The van der Waals surface area contributed by atoms with Crippen LogP contribution in [0.5, 0.6) is 0 Å². The first-order valence-corrected chi connectivity index (χ1v) is 10.2. The number of benzene rings is 1. The number of ether oxygens (including phenoxy) is 2. The molecule has 2 aliphatic rings. The molecule has 1 aromatic carbocycles. The van der Waals surface area contributed by atoms with E-state index in [9.17, 15) is 4.79 Å². The maximum Gasteiger partial charge on any atom is 0.252 e. The van der Waals surface area contributed by atoms with Crippen molar-refractivity contribution in [3.05, 3.63) is 46.2 Å². The highest BCUT2D eigenvalue weighted by Gasteiger charge is 2.39. The predicted molar refractivity (Wildman–Crippen MR) is 104 cm³/mol. The average Bonchev–Trinajstić information content (AvgIpc) is 3.05. The molecule has 26 heavy (non-hydrogen) atoms. The van der Waals surface area contributed by atoms with Crippen LogP contribution < -0.4 is 5.32 Å². The minimum absolute atomic E-state index is 0.0299. The van der Waals surface area contributed by atoms with Crippen LogP contribution in [0.4, 0.5) is 0 Å². The van der Waals surface area contributed by atoms with Crippen molar-refractivity contribution in [2.24, 2.45) is 0 Å². The third kappa shape index (κ3) is 3.56. The number of carbonyl (C=O) groups is 1. The van der Waals surface area contributed by atoms with Gasteiger partial charge in [0.25, 0.3) is 5.91 Å². The van der Waals surface area contributed by atoms with Crippen LogP contribution in [0.1, 0.15) is 40.9 Å². The van der Waals surface area contributed by atoms with Gasteiger partial charge in [0, 0.05) is 41.7 Å². The molecule has 2 aromatic rings. The highest BCUT2D eigenvalue weighted by molar-refractivity contribution is 7.10. The Bertz CT molecular complexity index is 759. The van der Waals surface area contributed by atoms with Crippen molar-refractivity contribution >= 4 is 17.2 Å². The molecule has 1 amide bonds. The van der Waals surface area contributed by atoms with Gasteiger partial charge in [-0.05, 0) is 38.2 Å². The largest absolute Gasteiger partial charge is 0.381 e. The third-order valence-electron chi connectivity index (χ3n) is 5.51. The van der Waals surface area contributed by atoms with Crippen LogP contribution in [0, 0.1) is 6.92 Å². The molecule has 2 fully saturated rings. The molecule has 1 aromatic heterocycles. The van der Waals surface area contributed by atoms with Crippen LogP contribution >= 0.6 is 11.3 Å². The Hall–Kier alpha value is -1.69. The quantitative estimate of drug-likeness (QED) is 0.880. The number of carbonyl (C=O) groups excluding carboxylic acids is 1. The second-order valence-electron chi connectivity index (χ2n) is 7.25. The lowest BCUT2D eigenvalue weighted by molar-refractivity contribution is -0.139. The normalized spacial score (nSPS) is 22.3. The molecule has 2 saturated heterocycles. The highest BCUT2D eigenvalue weighted by Crippen LogP contribution is 2.35. The Kier molecular flexibility index (Phi) is 5.11. The molecule has 5 heteroatoms. The van der Waals surface area contributed by atoms with E-state index in [-0.39, 0.29) is 17.6 Å². The summed E-state index contributed by atoms with van der Waals surface area (Å²) in [6.07, 6.45) is 3.60. The third-order valence-corrected chi connectivity index (χ3v) is 6.43. The van der Waals surface area contributed by atoms with E-state index in [4.69, 9.17) is 9.47 Å². The Morgan fingerprint density at radius 2 is 1.96 bits per heavy atom. The topological polar surface area (TPSA) is 47.6 Å². The summed E-state index contributed by atoms with van der Waals surface area (Å²) in [4.78, 5) is 14.2. The highest BCUT2D eigenvalue weighted by atomic mass is 32.1. The van der Waals surface area contributed by atoms with Crippen molar-refractivity contribution in [1.29, 1.82) is 0 Å². The van der Waals surface area contributed by atoms with E-state index in [2.05, 4.69) is 24.4 Å². The Labute approximate surface area is 158 Å². The fourth-order valence-electron chi connectivity index (χ4n) is 4.09. The van der Waals surface area contributed by atoms with Crippen molar-refractivity contribution in [3.63, 3.8) is 0 Å². The van der Waals surface area contributed by atoms with Crippen molar-refractivity contribution in [3.8, 4) is 11.1 Å². The summed E-state index contributed by atoms with van der Waals surface area (Å²) in [5.74, 6) is 0.0299. The van der Waals surface area contributed by atoms with Crippen molar-refractivity contribution in [1.82, 2.24) is 5.32 Å². The molecule has 0 bridgehead atoms. The van der Waals surface area contributed by atoms with Gasteiger partial charge in [-0.25, -0.2) is 0 Å². The van der Waals surface area contributed by atoms with Gasteiger partial charge in [0.1, 0.15) is 0 Å². The molecular formula is C21H25NO3S. The van der Waals surface area contributed by atoms with E-state index in [0.29, 0.717) is 6.61 Å². The maximum atomic E-state index is 13.0. The Morgan fingerprint density at radius 3 is 2.73 bits per heavy atom. The first kappa shape index (κ1) is 17.7. The van der Waals surface area contributed by atoms with Gasteiger partial charge < -0.3 is 14.8 Å². The van der Waals surface area contributed by atoms with E-state index in [1.54, 1.807) is 11.3 Å². The van der Waals surface area contributed by atoms with Gasteiger partial charge in [0.15, 0.2) is 0 Å². The second kappa shape index (κ2) is 7.51. The fraction of sp³-hybridized carbons (Fsp3) is 0.476. The van der Waals surface area contributed by atoms with E-state index in [1.165, 1.54) is 4.88 Å². The first-order valence-electron chi connectivity index (χ1n) is 9.33. The minimum atomic E-state index is -0.110. The molecular weight excluding hydrogens is 346 g/mol. The second-order valence-corrected chi connectivity index (χ2v) is 8.34. The minimum Gasteiger partial charge on any atom is -0.381 e. The lowest BCUT2D eigenvalue weighted by Crippen LogP contribution is -2.51. The lowest BCUT2D eigenvalue weighted by Gasteiger charge is -2.43. The van der Waals surface area contributed by atoms with E-state index in [1.807, 2.05) is 23.6 Å². The van der Waals surface area contributed by atoms with Gasteiger partial charge >= 0.3 is 0 Å². The molecule has 3 heterocycles. The molecule has 0 saturated carbocycles. The summed E-state index contributed by atoms with van der Waals surface area (Å²) in [6, 6.07) is 10.3. The van der Waals surface area contributed by atoms with Crippen LogP contribution in [0.3, 0.4) is 0 Å². The van der Waals surface area contributed by atoms with Gasteiger partial charge in [0.05, 0.1) is 11.2 Å². The summed E-state index contributed by atoms with van der Waals surface area (Å²) >= 11 is 1.64. The van der Waals surface area contributed by atoms with E-state index >= 15 is 0 Å². The first-order chi connectivity index (χ1) is 12.7. The summed E-state index contributed by atoms with van der Waals surface area (Å²) < 4.78 is 11.6. The summed E-state index contributed by atoms with van der Waals surface area (Å²) in [5, 5.41) is 5.26. The van der Waals surface area contributed by atoms with Crippen LogP contribution in [-0.2, 0) is 9.47 Å². The SMILES string of the molecule is Cc1scc(C(=O)NC2CCOC3(CCOCC3)C2)c1-c1ccccc1. The number of amides is 1. The number of hydrogen-bond donors (Lipinski definition) is 1. The lowest BCUT2D eigenvalue weighted by atomic mass is 9.84. The van der Waals surface area contributed by atoms with Crippen LogP contribution in [0.2, 0.25) is 0 Å². The van der Waals surface area contributed by atoms with Crippen molar-refractivity contribution < 1.29 is 14.3 Å². The molecule has 1 spiro atoms. The molecule has 1 unspecified atom stereocenters. The van der Waals surface area contributed by atoms with Crippen LogP contribution in [-0.4, -0.2) is 37.4 Å². The predicted octanol–water partition coefficient (Wildman–Crippen LogP) is 4.18. The summed E-state index contributed by atoms with van der Waals surface area (Å²) in [5.41, 5.74) is 2.83. The van der Waals surface area contributed by atoms with Crippen LogP contribution in [0.25, 0.3) is 11.1 Å². The Balaban J connectivity index is 1.51. The number of rotatable bonds is 3. The number of hydrogen-bond acceptors (Lipinski definition) is 4. The zero-order valence-corrected chi connectivity index (χ0v) is 15.9. The van der Waals surface area contributed by atoms with E-state index < -0.39 is 0 Å². The molecule has 1 N–H and O–H groups in total. The van der Waals surface area contributed by atoms with Crippen molar-refractivity contribution in [2.45, 2.75) is 44.2 Å². The standard InChI is InChI=1S/C21H25NO3S/c1-15-19(16-5-3-2-4-6-16)18(14-26-15)20(23)22-17-7-10-25-21(13-17)8-11-24-12-9-21/h2-6,14,17H,7-13H2,1H3,(H,22,23). The van der Waals surface area contributed by atoms with E-state index in [0.717, 1.165) is 55.6 Å². The molecule has 138 valence electrons. The molecule has 4 rings (SSSR count). The van der Waals surface area contributed by atoms with Crippen LogP contribution in [0.15, 0.2) is 35.7 Å². The van der Waals surface area contributed by atoms with Crippen molar-refractivity contribution in [2.75, 3.05) is 19.8 Å². The smallest absolute Gasteiger partial charge is 0.252 e. The molecule has 4 nitrogen and oxygen atoms in total. The molecule has 0 aliphatic carbocycles. The molecule has 2 aliphatic heterocycles. The summed E-state index contributed by atoms with van der Waals surface area (Å²) in [6.45, 7) is 4.29. The fourth-order valence-corrected chi connectivity index (χ4v) is 4.96. The number of aryl methyl sites for hydroxylation is 1. The zero-order chi connectivity index (χ0) is 18.0. The Morgan fingerprint density at radius 1 is 1.19 bits per heavy atom. The maximum absolute atomic E-state index is 13.0. The van der Waals surface area contributed by atoms with Gasteiger partial charge in [-0.1, -0.05) is 30.3 Å². The molecule has 1 atom stereocenters. The number of thiophene rings is 1.